The molecule has 7 heteroatoms. The lowest BCUT2D eigenvalue weighted by Crippen LogP contribution is -2.34. The minimum Gasteiger partial charge on any atom is -0.308 e. The fraction of sp³-hybridized carbons (Fsp3) is 0.333. The molecule has 2 amide bonds. The Labute approximate surface area is 379 Å². The summed E-state index contributed by atoms with van der Waals surface area (Å²) in [7, 11) is 0. The number of unbranched alkanes of at least 4 members (excludes halogenated alkanes) is 12. The van der Waals surface area contributed by atoms with Crippen molar-refractivity contribution in [3.63, 3.8) is 0 Å². The molecule has 0 aliphatic carbocycles. The lowest BCUT2D eigenvalue weighted by molar-refractivity contribution is 0.0975. The standard InChI is InChI=1S/C57H63N5O2/c1-3-5-7-9-11-13-21-36-61(50-28-19-16-20-29-50)57(64)49-38-48(39-51(40-49)62(37-22-14-12-10-8-6-4-2)56(63)46-24-17-15-18-25-46)53-42-60(59-58-53)41-47-33-32-45-31-30-43-26-23-27-44-34-35-52(47)55(45)54(43)44/h15-20,23-35,38-40,42H,3-14,21-22,36-37,41H2,1-2H3. The molecule has 0 atom stereocenters. The van der Waals surface area contributed by atoms with Crippen molar-refractivity contribution < 1.29 is 9.59 Å². The third-order valence-electron chi connectivity index (χ3n) is 12.8. The third-order valence-corrected chi connectivity index (χ3v) is 12.8. The lowest BCUT2D eigenvalue weighted by atomic mass is 9.92. The van der Waals surface area contributed by atoms with Gasteiger partial charge in [-0.15, -0.1) is 5.10 Å². The molecule has 0 spiro atoms. The van der Waals surface area contributed by atoms with Crippen molar-refractivity contribution in [2.24, 2.45) is 0 Å². The molecule has 0 unspecified atom stereocenters. The fourth-order valence-electron chi connectivity index (χ4n) is 9.30. The second-order valence-corrected chi connectivity index (χ2v) is 17.5. The summed E-state index contributed by atoms with van der Waals surface area (Å²) in [6.07, 6.45) is 18.0. The van der Waals surface area contributed by atoms with Gasteiger partial charge in [0, 0.05) is 41.2 Å². The molecule has 0 radical (unpaired) electrons. The minimum atomic E-state index is -0.0932. The van der Waals surface area contributed by atoms with Gasteiger partial charge in [0.05, 0.1) is 12.7 Å². The van der Waals surface area contributed by atoms with Gasteiger partial charge >= 0.3 is 0 Å². The first kappa shape index (κ1) is 44.3. The maximum Gasteiger partial charge on any atom is 0.258 e. The number of aromatic nitrogens is 3. The van der Waals surface area contributed by atoms with Gasteiger partial charge in [-0.1, -0.05) is 187 Å². The monoisotopic (exact) mass is 849 g/mol. The van der Waals surface area contributed by atoms with E-state index in [1.54, 1.807) is 0 Å². The number of benzene rings is 7. The molecule has 7 nitrogen and oxygen atoms in total. The van der Waals surface area contributed by atoms with Crippen molar-refractivity contribution in [2.45, 2.75) is 110 Å². The number of carbonyl (C=O) groups excluding carboxylic acids is 2. The van der Waals surface area contributed by atoms with Crippen molar-refractivity contribution in [3.05, 3.63) is 156 Å². The van der Waals surface area contributed by atoms with E-state index in [4.69, 9.17) is 5.10 Å². The van der Waals surface area contributed by atoms with Crippen molar-refractivity contribution in [3.8, 4) is 11.3 Å². The zero-order valence-corrected chi connectivity index (χ0v) is 37.9. The van der Waals surface area contributed by atoms with Crippen LogP contribution in [0.1, 0.15) is 130 Å². The number of anilines is 2. The molecule has 0 fully saturated rings. The first-order chi connectivity index (χ1) is 31.5. The zero-order chi connectivity index (χ0) is 44.1. The molecule has 64 heavy (non-hydrogen) atoms. The summed E-state index contributed by atoms with van der Waals surface area (Å²) in [5.41, 5.74) is 5.24. The Morgan fingerprint density at radius 3 is 1.70 bits per heavy atom. The summed E-state index contributed by atoms with van der Waals surface area (Å²) >= 11 is 0. The van der Waals surface area contributed by atoms with Crippen LogP contribution in [0.15, 0.2) is 140 Å². The van der Waals surface area contributed by atoms with E-state index in [9.17, 15) is 4.79 Å². The van der Waals surface area contributed by atoms with Crippen LogP contribution in [0.4, 0.5) is 11.4 Å². The predicted molar refractivity (Wildman–Crippen MR) is 267 cm³/mol. The Bertz CT molecular complexity index is 2730. The highest BCUT2D eigenvalue weighted by atomic mass is 16.2. The Hall–Kier alpha value is -6.34. The summed E-state index contributed by atoms with van der Waals surface area (Å²) in [5, 5.41) is 16.9. The summed E-state index contributed by atoms with van der Waals surface area (Å²) in [6, 6.07) is 45.1. The number of hydrogen-bond donors (Lipinski definition) is 0. The quantitative estimate of drug-likeness (QED) is 0.0475. The van der Waals surface area contributed by atoms with E-state index in [1.807, 2.05) is 99.5 Å². The number of amides is 2. The van der Waals surface area contributed by atoms with Gasteiger partial charge in [-0.3, -0.25) is 9.59 Å². The van der Waals surface area contributed by atoms with E-state index < -0.39 is 0 Å². The van der Waals surface area contributed by atoms with Crippen LogP contribution in [0.2, 0.25) is 0 Å². The molecule has 328 valence electrons. The van der Waals surface area contributed by atoms with Crippen LogP contribution in [0.25, 0.3) is 43.6 Å². The second kappa shape index (κ2) is 21.8. The van der Waals surface area contributed by atoms with Crippen molar-refractivity contribution >= 4 is 55.5 Å². The van der Waals surface area contributed by atoms with E-state index in [2.05, 4.69) is 73.7 Å². The Kier molecular flexibility index (Phi) is 15.1. The number of hydrogen-bond acceptors (Lipinski definition) is 4. The lowest BCUT2D eigenvalue weighted by Gasteiger charge is -2.26. The summed E-state index contributed by atoms with van der Waals surface area (Å²) in [6.45, 7) is 6.16. The van der Waals surface area contributed by atoms with Gasteiger partial charge in [0.25, 0.3) is 11.8 Å². The molecule has 1 heterocycles. The van der Waals surface area contributed by atoms with E-state index in [-0.39, 0.29) is 11.8 Å². The van der Waals surface area contributed by atoms with Crippen molar-refractivity contribution in [1.29, 1.82) is 0 Å². The molecule has 0 N–H and O–H groups in total. The van der Waals surface area contributed by atoms with Crippen molar-refractivity contribution in [1.82, 2.24) is 15.0 Å². The Balaban J connectivity index is 1.15. The Morgan fingerprint density at radius 2 is 1.05 bits per heavy atom. The van der Waals surface area contributed by atoms with E-state index in [1.165, 1.54) is 83.7 Å². The van der Waals surface area contributed by atoms with Crippen LogP contribution in [0, 0.1) is 0 Å². The van der Waals surface area contributed by atoms with Gasteiger partial charge in [-0.05, 0) is 93.2 Å². The van der Waals surface area contributed by atoms with Gasteiger partial charge in [0.1, 0.15) is 5.69 Å². The van der Waals surface area contributed by atoms with E-state index >= 15 is 4.79 Å². The van der Waals surface area contributed by atoms with Gasteiger partial charge in [-0.25, -0.2) is 4.68 Å². The average molecular weight is 850 g/mol. The normalized spacial score (nSPS) is 11.5. The molecular formula is C57H63N5O2. The van der Waals surface area contributed by atoms with E-state index in [0.29, 0.717) is 42.1 Å². The number of para-hydroxylation sites is 1. The van der Waals surface area contributed by atoms with Crippen LogP contribution in [0.3, 0.4) is 0 Å². The maximum atomic E-state index is 15.0. The number of nitrogens with zero attached hydrogens (tertiary/aromatic N) is 5. The SMILES string of the molecule is CCCCCCCCCN(C(=O)c1cc(-c2cn(Cc3ccc4ccc5cccc6ccc3c4c56)nn2)cc(N(CCCCCCCCC)C(=O)c2ccccc2)c1)c1ccccc1. The first-order valence-electron chi connectivity index (χ1n) is 24.0. The molecule has 0 saturated carbocycles. The molecule has 8 aromatic rings. The van der Waals surface area contributed by atoms with Gasteiger partial charge in [-0.2, -0.15) is 0 Å². The maximum absolute atomic E-state index is 15.0. The highest BCUT2D eigenvalue weighted by molar-refractivity contribution is 6.23. The number of carbonyl (C=O) groups is 2. The first-order valence-corrected chi connectivity index (χ1v) is 24.0. The molecule has 7 aromatic carbocycles. The van der Waals surface area contributed by atoms with Gasteiger partial charge in [0.15, 0.2) is 0 Å². The molecule has 0 saturated heterocycles. The topological polar surface area (TPSA) is 71.3 Å². The van der Waals surface area contributed by atoms with Crippen LogP contribution in [0.5, 0.6) is 0 Å². The molecule has 1 aromatic heterocycles. The van der Waals surface area contributed by atoms with Crippen LogP contribution < -0.4 is 9.80 Å². The van der Waals surface area contributed by atoms with Gasteiger partial charge < -0.3 is 9.80 Å². The van der Waals surface area contributed by atoms with Crippen molar-refractivity contribution in [2.75, 3.05) is 22.9 Å². The third kappa shape index (κ3) is 10.5. The molecule has 0 bridgehead atoms. The summed E-state index contributed by atoms with van der Waals surface area (Å²) in [5.74, 6) is -0.174. The molecular weight excluding hydrogens is 787 g/mol. The van der Waals surface area contributed by atoms with Crippen LogP contribution in [-0.4, -0.2) is 39.9 Å². The zero-order valence-electron chi connectivity index (χ0n) is 37.9. The molecule has 0 aliphatic rings. The predicted octanol–water partition coefficient (Wildman–Crippen LogP) is 14.7. The largest absolute Gasteiger partial charge is 0.308 e. The van der Waals surface area contributed by atoms with E-state index in [0.717, 1.165) is 55.3 Å². The highest BCUT2D eigenvalue weighted by Gasteiger charge is 2.24. The second-order valence-electron chi connectivity index (χ2n) is 17.5. The molecule has 8 rings (SSSR count). The summed E-state index contributed by atoms with van der Waals surface area (Å²) < 4.78 is 1.89. The van der Waals surface area contributed by atoms with Crippen LogP contribution >= 0.6 is 0 Å². The summed E-state index contributed by atoms with van der Waals surface area (Å²) in [4.78, 5) is 33.4. The molecule has 0 aliphatic heterocycles. The smallest absolute Gasteiger partial charge is 0.258 e. The highest BCUT2D eigenvalue weighted by Crippen LogP contribution is 2.37. The number of rotatable bonds is 23. The Morgan fingerprint density at radius 1 is 0.500 bits per heavy atom. The fourth-order valence-corrected chi connectivity index (χ4v) is 9.30. The van der Waals surface area contributed by atoms with Crippen LogP contribution in [-0.2, 0) is 6.54 Å². The van der Waals surface area contributed by atoms with Gasteiger partial charge in [0.2, 0.25) is 0 Å². The minimum absolute atomic E-state index is 0.0808. The average Bonchev–Trinajstić information content (AvgIpc) is 3.81.